The minimum Gasteiger partial charge on any atom is -0.337 e. The summed E-state index contributed by atoms with van der Waals surface area (Å²) >= 11 is 6.00. The number of carbonyl (C=O) groups excluding carboxylic acids is 1. The molecule has 0 saturated heterocycles. The standard InChI is InChI=1S/C15H23ClN2O2S/c1-11(9-21(4)20)18-14(19)17-10-15(2,3)12-6-5-7-13(16)8-12/h5-8,11H,9-10H2,1-4H3,(H2,17,18,19)/t11-,21+/m1/s1. The molecule has 4 nitrogen and oxygen atoms in total. The van der Waals surface area contributed by atoms with Crippen LogP contribution in [-0.2, 0) is 16.2 Å². The SMILES string of the molecule is C[C@H](C[S@](C)=O)NC(=O)NCC(C)(C)c1cccc(Cl)c1. The molecular weight excluding hydrogens is 308 g/mol. The normalized spacial score (nSPS) is 14.3. The van der Waals surface area contributed by atoms with Crippen LogP contribution in [0.4, 0.5) is 4.79 Å². The van der Waals surface area contributed by atoms with Crippen molar-refractivity contribution in [2.45, 2.75) is 32.2 Å². The minimum absolute atomic E-state index is 0.120. The number of benzene rings is 1. The van der Waals surface area contributed by atoms with Crippen molar-refractivity contribution in [2.75, 3.05) is 18.6 Å². The topological polar surface area (TPSA) is 58.2 Å². The number of carbonyl (C=O) groups is 1. The first-order valence-electron chi connectivity index (χ1n) is 6.81. The number of nitrogens with one attached hydrogen (secondary N) is 2. The molecule has 0 aliphatic heterocycles. The van der Waals surface area contributed by atoms with E-state index in [0.717, 1.165) is 5.56 Å². The second-order valence-electron chi connectivity index (χ2n) is 5.86. The molecule has 0 aliphatic rings. The molecule has 2 amide bonds. The molecule has 0 unspecified atom stereocenters. The van der Waals surface area contributed by atoms with Gasteiger partial charge in [0.1, 0.15) is 0 Å². The second kappa shape index (κ2) is 7.80. The van der Waals surface area contributed by atoms with Gasteiger partial charge in [-0.2, -0.15) is 0 Å². The van der Waals surface area contributed by atoms with Crippen LogP contribution in [0, 0.1) is 0 Å². The van der Waals surface area contributed by atoms with Gasteiger partial charge in [0.15, 0.2) is 0 Å². The van der Waals surface area contributed by atoms with Crippen LogP contribution >= 0.6 is 11.6 Å². The largest absolute Gasteiger partial charge is 0.337 e. The smallest absolute Gasteiger partial charge is 0.315 e. The van der Waals surface area contributed by atoms with Gasteiger partial charge < -0.3 is 10.6 Å². The van der Waals surface area contributed by atoms with Crippen molar-refractivity contribution in [1.82, 2.24) is 10.6 Å². The Kier molecular flexibility index (Phi) is 6.68. The van der Waals surface area contributed by atoms with Crippen molar-refractivity contribution >= 4 is 28.4 Å². The monoisotopic (exact) mass is 330 g/mol. The number of rotatable bonds is 6. The maximum Gasteiger partial charge on any atom is 0.315 e. The Balaban J connectivity index is 2.53. The molecule has 21 heavy (non-hydrogen) atoms. The first kappa shape index (κ1) is 18.0. The van der Waals surface area contributed by atoms with Gasteiger partial charge in [-0.15, -0.1) is 0 Å². The Morgan fingerprint density at radius 2 is 2.10 bits per heavy atom. The van der Waals surface area contributed by atoms with E-state index in [1.54, 1.807) is 6.26 Å². The van der Waals surface area contributed by atoms with E-state index in [4.69, 9.17) is 11.6 Å². The Bertz CT molecular complexity index is 520. The molecular formula is C15H23ClN2O2S. The van der Waals surface area contributed by atoms with Gasteiger partial charge in [-0.25, -0.2) is 4.79 Å². The highest BCUT2D eigenvalue weighted by Gasteiger charge is 2.22. The second-order valence-corrected chi connectivity index (χ2v) is 7.78. The molecule has 1 aromatic carbocycles. The van der Waals surface area contributed by atoms with Gasteiger partial charge in [0, 0.05) is 45.8 Å². The summed E-state index contributed by atoms with van der Waals surface area (Å²) in [7, 11) is -0.923. The predicted molar refractivity (Wildman–Crippen MR) is 89.4 cm³/mol. The Labute approximate surface area is 134 Å². The number of halogens is 1. The summed E-state index contributed by atoms with van der Waals surface area (Å²) in [6, 6.07) is 7.26. The average molecular weight is 331 g/mol. The van der Waals surface area contributed by atoms with Crippen molar-refractivity contribution in [3.8, 4) is 0 Å². The van der Waals surface area contributed by atoms with Crippen LogP contribution in [0.2, 0.25) is 5.02 Å². The highest BCUT2D eigenvalue weighted by molar-refractivity contribution is 7.84. The zero-order chi connectivity index (χ0) is 16.0. The van der Waals surface area contributed by atoms with Crippen molar-refractivity contribution < 1.29 is 9.00 Å². The maximum absolute atomic E-state index is 11.8. The number of urea groups is 1. The summed E-state index contributed by atoms with van der Waals surface area (Å²) in [6.45, 7) is 6.41. The lowest BCUT2D eigenvalue weighted by Gasteiger charge is -2.26. The summed E-state index contributed by atoms with van der Waals surface area (Å²) in [5.74, 6) is 0.450. The van der Waals surface area contributed by atoms with Gasteiger partial charge in [0.05, 0.1) is 0 Å². The summed E-state index contributed by atoms with van der Waals surface area (Å²) < 4.78 is 11.1. The summed E-state index contributed by atoms with van der Waals surface area (Å²) in [4.78, 5) is 11.8. The fourth-order valence-electron chi connectivity index (χ4n) is 1.98. The molecule has 0 saturated carbocycles. The lowest BCUT2D eigenvalue weighted by molar-refractivity contribution is 0.236. The van der Waals surface area contributed by atoms with Gasteiger partial charge in [0.2, 0.25) is 0 Å². The third kappa shape index (κ3) is 6.48. The lowest BCUT2D eigenvalue weighted by Crippen LogP contribution is -2.46. The molecule has 0 radical (unpaired) electrons. The Morgan fingerprint density at radius 1 is 1.43 bits per heavy atom. The van der Waals surface area contributed by atoms with Gasteiger partial charge >= 0.3 is 6.03 Å². The van der Waals surface area contributed by atoms with Gasteiger partial charge in [-0.1, -0.05) is 37.6 Å². The molecule has 118 valence electrons. The summed E-state index contributed by atoms with van der Waals surface area (Å²) in [5, 5.41) is 6.31. The molecule has 2 N–H and O–H groups in total. The first-order valence-corrected chi connectivity index (χ1v) is 8.91. The Hall–Kier alpha value is -1.07. The van der Waals surface area contributed by atoms with Gasteiger partial charge in [-0.3, -0.25) is 4.21 Å². The van der Waals surface area contributed by atoms with E-state index in [2.05, 4.69) is 10.6 Å². The molecule has 1 rings (SSSR count). The quantitative estimate of drug-likeness (QED) is 0.842. The molecule has 0 bridgehead atoms. The van der Waals surface area contributed by atoms with Crippen LogP contribution in [0.15, 0.2) is 24.3 Å². The third-order valence-corrected chi connectivity index (χ3v) is 4.36. The van der Waals surface area contributed by atoms with E-state index >= 15 is 0 Å². The zero-order valence-corrected chi connectivity index (χ0v) is 14.5. The molecule has 0 fully saturated rings. The van der Waals surface area contributed by atoms with Crippen LogP contribution in [0.1, 0.15) is 26.3 Å². The van der Waals surface area contributed by atoms with Crippen LogP contribution in [-0.4, -0.2) is 34.8 Å². The number of hydrogen-bond acceptors (Lipinski definition) is 2. The molecule has 0 spiro atoms. The van der Waals surface area contributed by atoms with Crippen molar-refractivity contribution in [3.63, 3.8) is 0 Å². The van der Waals surface area contributed by atoms with E-state index < -0.39 is 10.8 Å². The van der Waals surface area contributed by atoms with E-state index in [-0.39, 0.29) is 17.5 Å². The van der Waals surface area contributed by atoms with Gasteiger partial charge in [-0.05, 0) is 24.6 Å². The summed E-state index contributed by atoms with van der Waals surface area (Å²) in [6.07, 6.45) is 1.62. The van der Waals surface area contributed by atoms with Crippen molar-refractivity contribution in [3.05, 3.63) is 34.9 Å². The molecule has 0 heterocycles. The lowest BCUT2D eigenvalue weighted by atomic mass is 9.85. The van der Waals surface area contributed by atoms with E-state index in [1.165, 1.54) is 0 Å². The Morgan fingerprint density at radius 3 is 2.67 bits per heavy atom. The predicted octanol–water partition coefficient (Wildman–Crippen LogP) is 2.68. The van der Waals surface area contributed by atoms with Crippen LogP contribution < -0.4 is 10.6 Å². The molecule has 0 aliphatic carbocycles. The van der Waals surface area contributed by atoms with E-state index in [9.17, 15) is 9.00 Å². The third-order valence-electron chi connectivity index (χ3n) is 3.16. The molecule has 6 heteroatoms. The highest BCUT2D eigenvalue weighted by Crippen LogP contribution is 2.24. The molecule has 2 atom stereocenters. The van der Waals surface area contributed by atoms with E-state index in [1.807, 2.05) is 45.0 Å². The van der Waals surface area contributed by atoms with Crippen LogP contribution in [0.25, 0.3) is 0 Å². The number of hydrogen-bond donors (Lipinski definition) is 2. The fraction of sp³-hybridized carbons (Fsp3) is 0.533. The van der Waals surface area contributed by atoms with Crippen molar-refractivity contribution in [2.24, 2.45) is 0 Å². The molecule has 0 aromatic heterocycles. The number of amides is 2. The summed E-state index contributed by atoms with van der Waals surface area (Å²) in [5.41, 5.74) is 0.844. The van der Waals surface area contributed by atoms with Crippen LogP contribution in [0.5, 0.6) is 0 Å². The fourth-order valence-corrected chi connectivity index (χ4v) is 2.96. The maximum atomic E-state index is 11.8. The molecule has 1 aromatic rings. The van der Waals surface area contributed by atoms with Crippen molar-refractivity contribution in [1.29, 1.82) is 0 Å². The highest BCUT2D eigenvalue weighted by atomic mass is 35.5. The minimum atomic E-state index is -0.923. The van der Waals surface area contributed by atoms with Crippen LogP contribution in [0.3, 0.4) is 0 Å². The average Bonchev–Trinajstić information content (AvgIpc) is 2.35. The van der Waals surface area contributed by atoms with Gasteiger partial charge in [0.25, 0.3) is 0 Å². The van der Waals surface area contributed by atoms with E-state index in [0.29, 0.717) is 17.3 Å². The first-order chi connectivity index (χ1) is 9.70. The zero-order valence-electron chi connectivity index (χ0n) is 12.9.